The molecule has 5 nitrogen and oxygen atoms in total. The molecule has 0 bridgehead atoms. The van der Waals surface area contributed by atoms with Crippen molar-refractivity contribution in [1.29, 1.82) is 0 Å². The van der Waals surface area contributed by atoms with E-state index >= 15 is 0 Å². The molecule has 1 aliphatic rings. The minimum absolute atomic E-state index is 0.0666. The molecule has 0 radical (unpaired) electrons. The Hall–Kier alpha value is -2.34. The summed E-state index contributed by atoms with van der Waals surface area (Å²) in [7, 11) is 0. The molecular formula is C25H27Cl2N3O2. The van der Waals surface area contributed by atoms with Gasteiger partial charge >= 0.3 is 0 Å². The second kappa shape index (κ2) is 10.5. The van der Waals surface area contributed by atoms with Crippen LogP contribution in [-0.4, -0.2) is 35.4 Å². The average molecular weight is 472 g/mol. The van der Waals surface area contributed by atoms with Crippen LogP contribution >= 0.6 is 23.2 Å². The van der Waals surface area contributed by atoms with Crippen molar-refractivity contribution in [2.45, 2.75) is 32.7 Å². The predicted octanol–water partition coefficient (Wildman–Crippen LogP) is 5.53. The standard InChI is InChI=1S/C25H27Cl2N3O2/c1-17-23(29-25(32-17)20-3-2-4-22(27)15-20)16-30-13-10-19(11-14-30)24(31)28-12-9-18-5-7-21(26)8-6-18/h2-8,15,19H,9-14,16H2,1H3,(H,28,31). The van der Waals surface area contributed by atoms with E-state index in [2.05, 4.69) is 15.2 Å². The third-order valence-electron chi connectivity index (χ3n) is 5.92. The van der Waals surface area contributed by atoms with Gasteiger partial charge in [-0.05, 0) is 75.2 Å². The van der Waals surface area contributed by atoms with Crippen LogP contribution in [0.15, 0.2) is 52.9 Å². The SMILES string of the molecule is Cc1oc(-c2cccc(Cl)c2)nc1CN1CCC(C(=O)NCCc2ccc(Cl)cc2)CC1. The number of halogens is 2. The van der Waals surface area contributed by atoms with E-state index in [1.165, 1.54) is 5.56 Å². The molecule has 1 N–H and O–H groups in total. The van der Waals surface area contributed by atoms with Gasteiger partial charge in [0.1, 0.15) is 5.76 Å². The average Bonchev–Trinajstić information content (AvgIpc) is 3.16. The first kappa shape index (κ1) is 22.8. The van der Waals surface area contributed by atoms with E-state index in [0.29, 0.717) is 17.5 Å². The molecule has 7 heteroatoms. The van der Waals surface area contributed by atoms with E-state index in [-0.39, 0.29) is 11.8 Å². The molecule has 168 valence electrons. The molecule has 32 heavy (non-hydrogen) atoms. The van der Waals surface area contributed by atoms with E-state index in [4.69, 9.17) is 27.6 Å². The predicted molar refractivity (Wildman–Crippen MR) is 128 cm³/mol. The Morgan fingerprint density at radius 3 is 2.59 bits per heavy atom. The lowest BCUT2D eigenvalue weighted by Gasteiger charge is -2.30. The van der Waals surface area contributed by atoms with Gasteiger partial charge in [-0.3, -0.25) is 9.69 Å². The van der Waals surface area contributed by atoms with Crippen molar-refractivity contribution in [1.82, 2.24) is 15.2 Å². The molecule has 1 aromatic heterocycles. The summed E-state index contributed by atoms with van der Waals surface area (Å²) in [6.07, 6.45) is 2.51. The monoisotopic (exact) mass is 471 g/mol. The summed E-state index contributed by atoms with van der Waals surface area (Å²) in [4.78, 5) is 19.6. The van der Waals surface area contributed by atoms with Crippen LogP contribution in [0.1, 0.15) is 29.9 Å². The van der Waals surface area contributed by atoms with Crippen LogP contribution in [0.2, 0.25) is 10.0 Å². The summed E-state index contributed by atoms with van der Waals surface area (Å²) in [5.41, 5.74) is 2.98. The normalized spacial score (nSPS) is 15.1. The fourth-order valence-corrected chi connectivity index (χ4v) is 4.33. The molecule has 1 amide bonds. The number of aromatic nitrogens is 1. The number of rotatable bonds is 7. The first-order valence-corrected chi connectivity index (χ1v) is 11.7. The van der Waals surface area contributed by atoms with Crippen molar-refractivity contribution in [3.05, 3.63) is 75.6 Å². The Morgan fingerprint density at radius 1 is 1.12 bits per heavy atom. The van der Waals surface area contributed by atoms with Crippen molar-refractivity contribution in [3.63, 3.8) is 0 Å². The van der Waals surface area contributed by atoms with Gasteiger partial charge in [0.2, 0.25) is 11.8 Å². The van der Waals surface area contributed by atoms with Crippen LogP contribution in [0.3, 0.4) is 0 Å². The minimum atomic E-state index is 0.0666. The van der Waals surface area contributed by atoms with E-state index < -0.39 is 0 Å². The molecule has 4 rings (SSSR count). The zero-order chi connectivity index (χ0) is 22.5. The fourth-order valence-electron chi connectivity index (χ4n) is 4.01. The summed E-state index contributed by atoms with van der Waals surface area (Å²) in [6, 6.07) is 15.3. The third kappa shape index (κ3) is 5.91. The second-order valence-corrected chi connectivity index (χ2v) is 9.12. The molecule has 2 heterocycles. The number of amides is 1. The molecular weight excluding hydrogens is 445 g/mol. The highest BCUT2D eigenvalue weighted by molar-refractivity contribution is 6.31. The van der Waals surface area contributed by atoms with Gasteiger partial charge in [0.05, 0.1) is 5.69 Å². The van der Waals surface area contributed by atoms with Crippen molar-refractivity contribution >= 4 is 29.1 Å². The number of carbonyl (C=O) groups excluding carboxylic acids is 1. The lowest BCUT2D eigenvalue weighted by atomic mass is 9.95. The number of nitrogens with zero attached hydrogens (tertiary/aromatic N) is 2. The minimum Gasteiger partial charge on any atom is -0.441 e. The molecule has 1 saturated heterocycles. The van der Waals surface area contributed by atoms with Gasteiger partial charge in [-0.25, -0.2) is 4.98 Å². The van der Waals surface area contributed by atoms with Crippen molar-refractivity contribution in [3.8, 4) is 11.5 Å². The molecule has 0 saturated carbocycles. The number of likely N-dealkylation sites (tertiary alicyclic amines) is 1. The van der Waals surface area contributed by atoms with Gasteiger partial charge < -0.3 is 9.73 Å². The molecule has 0 atom stereocenters. The van der Waals surface area contributed by atoms with Crippen LogP contribution in [0.25, 0.3) is 11.5 Å². The molecule has 1 aliphatic heterocycles. The Balaban J connectivity index is 1.24. The van der Waals surface area contributed by atoms with E-state index in [1.54, 1.807) is 0 Å². The summed E-state index contributed by atoms with van der Waals surface area (Å²) >= 11 is 12.0. The number of hydrogen-bond donors (Lipinski definition) is 1. The maximum Gasteiger partial charge on any atom is 0.226 e. The highest BCUT2D eigenvalue weighted by Crippen LogP contribution is 2.26. The van der Waals surface area contributed by atoms with Crippen LogP contribution in [0.4, 0.5) is 0 Å². The number of benzene rings is 2. The van der Waals surface area contributed by atoms with E-state index in [0.717, 1.165) is 60.9 Å². The topological polar surface area (TPSA) is 58.4 Å². The molecule has 0 aliphatic carbocycles. The maximum absolute atomic E-state index is 12.6. The van der Waals surface area contributed by atoms with Crippen molar-refractivity contribution < 1.29 is 9.21 Å². The first-order valence-electron chi connectivity index (χ1n) is 10.9. The van der Waals surface area contributed by atoms with Gasteiger partial charge in [0, 0.05) is 34.6 Å². The Morgan fingerprint density at radius 2 is 1.88 bits per heavy atom. The largest absolute Gasteiger partial charge is 0.441 e. The maximum atomic E-state index is 12.6. The zero-order valence-corrected chi connectivity index (χ0v) is 19.6. The van der Waals surface area contributed by atoms with Crippen LogP contribution in [0.5, 0.6) is 0 Å². The summed E-state index contributed by atoms with van der Waals surface area (Å²) in [5, 5.41) is 4.47. The van der Waals surface area contributed by atoms with Crippen LogP contribution in [-0.2, 0) is 17.8 Å². The van der Waals surface area contributed by atoms with Crippen LogP contribution < -0.4 is 5.32 Å². The van der Waals surface area contributed by atoms with Crippen LogP contribution in [0, 0.1) is 12.8 Å². The number of aryl methyl sites for hydroxylation is 1. The fraction of sp³-hybridized carbons (Fsp3) is 0.360. The van der Waals surface area contributed by atoms with E-state index in [9.17, 15) is 4.79 Å². The molecule has 0 spiro atoms. The summed E-state index contributed by atoms with van der Waals surface area (Å²) < 4.78 is 5.88. The third-order valence-corrected chi connectivity index (χ3v) is 6.41. The second-order valence-electron chi connectivity index (χ2n) is 8.25. The number of hydrogen-bond acceptors (Lipinski definition) is 4. The Kier molecular flexibility index (Phi) is 7.51. The van der Waals surface area contributed by atoms with Crippen molar-refractivity contribution in [2.24, 2.45) is 5.92 Å². The zero-order valence-electron chi connectivity index (χ0n) is 18.1. The Bertz CT molecular complexity index is 1060. The molecule has 0 unspecified atom stereocenters. The lowest BCUT2D eigenvalue weighted by Crippen LogP contribution is -2.40. The number of carbonyl (C=O) groups is 1. The quantitative estimate of drug-likeness (QED) is 0.492. The number of oxazole rings is 1. The van der Waals surface area contributed by atoms with E-state index in [1.807, 2.05) is 55.5 Å². The highest BCUT2D eigenvalue weighted by Gasteiger charge is 2.26. The van der Waals surface area contributed by atoms with Gasteiger partial charge in [0.25, 0.3) is 0 Å². The molecule has 1 fully saturated rings. The summed E-state index contributed by atoms with van der Waals surface area (Å²) in [6.45, 7) is 5.05. The smallest absolute Gasteiger partial charge is 0.226 e. The Labute approximate surface area is 198 Å². The number of nitrogens with one attached hydrogen (secondary N) is 1. The summed E-state index contributed by atoms with van der Waals surface area (Å²) in [5.74, 6) is 1.63. The van der Waals surface area contributed by atoms with Crippen molar-refractivity contribution in [2.75, 3.05) is 19.6 Å². The molecule has 3 aromatic rings. The molecule has 2 aromatic carbocycles. The first-order chi connectivity index (χ1) is 15.5. The highest BCUT2D eigenvalue weighted by atomic mass is 35.5. The van der Waals surface area contributed by atoms with Gasteiger partial charge in [-0.2, -0.15) is 0 Å². The number of piperidine rings is 1. The van der Waals surface area contributed by atoms with Gasteiger partial charge in [-0.15, -0.1) is 0 Å². The van der Waals surface area contributed by atoms with Gasteiger partial charge in [-0.1, -0.05) is 41.4 Å². The lowest BCUT2D eigenvalue weighted by molar-refractivity contribution is -0.126. The van der Waals surface area contributed by atoms with Gasteiger partial charge in [0.15, 0.2) is 0 Å².